The minimum absolute atomic E-state index is 0.0879. The largest absolute Gasteiger partial charge is 0.462 e. The normalized spacial score (nSPS) is 16.2. The number of nitrogens with two attached hydrogens (primary N) is 1. The fourth-order valence-corrected chi connectivity index (χ4v) is 2.85. The molecule has 1 aromatic heterocycles. The van der Waals surface area contributed by atoms with Crippen LogP contribution >= 0.6 is 0 Å². The van der Waals surface area contributed by atoms with Crippen molar-refractivity contribution in [2.24, 2.45) is 5.73 Å². The molecule has 0 saturated heterocycles. The third-order valence-electron chi connectivity index (χ3n) is 3.92. The van der Waals surface area contributed by atoms with Crippen molar-refractivity contribution in [1.82, 2.24) is 4.57 Å². The molecule has 5 nitrogen and oxygen atoms in total. The lowest BCUT2D eigenvalue weighted by atomic mass is 10.0. The van der Waals surface area contributed by atoms with E-state index in [0.29, 0.717) is 24.6 Å². The first-order valence-electron chi connectivity index (χ1n) is 7.25. The second-order valence-corrected chi connectivity index (χ2v) is 5.49. The van der Waals surface area contributed by atoms with E-state index in [1.807, 2.05) is 13.8 Å². The van der Waals surface area contributed by atoms with Crippen molar-refractivity contribution in [3.05, 3.63) is 22.5 Å². The Morgan fingerprint density at radius 2 is 2.10 bits per heavy atom. The Hall–Kier alpha value is -1.33. The van der Waals surface area contributed by atoms with Gasteiger partial charge in [0.1, 0.15) is 0 Å². The van der Waals surface area contributed by atoms with Gasteiger partial charge in [0.2, 0.25) is 0 Å². The zero-order valence-corrected chi connectivity index (χ0v) is 12.5. The Morgan fingerprint density at radius 3 is 2.60 bits per heavy atom. The van der Waals surface area contributed by atoms with Crippen LogP contribution in [0.1, 0.15) is 53.1 Å². The zero-order valence-electron chi connectivity index (χ0n) is 12.5. The predicted molar refractivity (Wildman–Crippen MR) is 76.9 cm³/mol. The molecular formula is C15H24N2O3. The predicted octanol–water partition coefficient (Wildman–Crippen LogP) is 1.48. The molecule has 0 aromatic carbocycles. The van der Waals surface area contributed by atoms with Crippen molar-refractivity contribution in [2.45, 2.75) is 52.1 Å². The average molecular weight is 280 g/mol. The van der Waals surface area contributed by atoms with Gasteiger partial charge in [-0.1, -0.05) is 0 Å². The molecule has 0 radical (unpaired) electrons. The molecule has 0 amide bonds. The number of nitrogens with zero attached hydrogens (tertiary/aromatic N) is 1. The lowest BCUT2D eigenvalue weighted by Crippen LogP contribution is -2.28. The van der Waals surface area contributed by atoms with Crippen LogP contribution in [0.25, 0.3) is 0 Å². The molecule has 1 atom stereocenters. The molecule has 2 rings (SSSR count). The molecule has 1 unspecified atom stereocenters. The van der Waals surface area contributed by atoms with Crippen LogP contribution in [-0.2, 0) is 11.2 Å². The molecule has 0 spiro atoms. The second-order valence-electron chi connectivity index (χ2n) is 5.49. The summed E-state index contributed by atoms with van der Waals surface area (Å²) in [6, 6.07) is 0.151. The Labute approximate surface area is 119 Å². The fraction of sp³-hybridized carbons (Fsp3) is 0.667. The average Bonchev–Trinajstić information content (AvgIpc) is 3.19. The topological polar surface area (TPSA) is 77.5 Å². The van der Waals surface area contributed by atoms with Crippen LogP contribution in [0.15, 0.2) is 0 Å². The summed E-state index contributed by atoms with van der Waals surface area (Å²) in [5.74, 6) is -0.285. The summed E-state index contributed by atoms with van der Waals surface area (Å²) in [6.07, 6.45) is 2.81. The van der Waals surface area contributed by atoms with Gasteiger partial charge in [-0.15, -0.1) is 0 Å². The molecule has 1 aromatic rings. The van der Waals surface area contributed by atoms with E-state index >= 15 is 0 Å². The summed E-state index contributed by atoms with van der Waals surface area (Å²) >= 11 is 0. The van der Waals surface area contributed by atoms with E-state index in [2.05, 4.69) is 4.57 Å². The van der Waals surface area contributed by atoms with E-state index in [4.69, 9.17) is 15.6 Å². The summed E-state index contributed by atoms with van der Waals surface area (Å²) in [5, 5.41) is 9.17. The first-order chi connectivity index (χ1) is 9.51. The fourth-order valence-electron chi connectivity index (χ4n) is 2.85. The SMILES string of the molecule is CCOC(=O)c1c(CC(N)CO)c(C)n(C2CC2)c1C. The maximum Gasteiger partial charge on any atom is 0.340 e. The van der Waals surface area contributed by atoms with Crippen molar-refractivity contribution < 1.29 is 14.6 Å². The number of ether oxygens (including phenoxy) is 1. The highest BCUT2D eigenvalue weighted by Gasteiger charge is 2.32. The van der Waals surface area contributed by atoms with Gasteiger partial charge in [0, 0.05) is 23.5 Å². The van der Waals surface area contributed by atoms with Crippen LogP contribution in [0.4, 0.5) is 0 Å². The quantitative estimate of drug-likeness (QED) is 0.774. The number of hydrogen-bond donors (Lipinski definition) is 2. The summed E-state index contributed by atoms with van der Waals surface area (Å²) in [6.45, 7) is 6.06. The molecule has 1 heterocycles. The van der Waals surface area contributed by atoms with Crippen molar-refractivity contribution in [1.29, 1.82) is 0 Å². The molecule has 20 heavy (non-hydrogen) atoms. The number of aliphatic hydroxyl groups excluding tert-OH is 1. The number of hydrogen-bond acceptors (Lipinski definition) is 4. The van der Waals surface area contributed by atoms with Gasteiger partial charge in [-0.3, -0.25) is 0 Å². The molecule has 0 bridgehead atoms. The maximum absolute atomic E-state index is 12.2. The van der Waals surface area contributed by atoms with Crippen LogP contribution in [0.5, 0.6) is 0 Å². The van der Waals surface area contributed by atoms with Crippen LogP contribution in [-0.4, -0.2) is 34.9 Å². The lowest BCUT2D eigenvalue weighted by molar-refractivity contribution is 0.0524. The van der Waals surface area contributed by atoms with E-state index < -0.39 is 0 Å². The van der Waals surface area contributed by atoms with E-state index in [-0.39, 0.29) is 18.6 Å². The number of aliphatic hydroxyl groups is 1. The molecular weight excluding hydrogens is 256 g/mol. The smallest absolute Gasteiger partial charge is 0.340 e. The standard InChI is InChI=1S/C15H24N2O3/c1-4-20-15(19)14-10(3)17(12-5-6-12)9(2)13(14)7-11(16)8-18/h11-12,18H,4-8,16H2,1-3H3. The van der Waals surface area contributed by atoms with Crippen LogP contribution in [0, 0.1) is 13.8 Å². The van der Waals surface area contributed by atoms with E-state index in [1.165, 1.54) is 0 Å². The minimum Gasteiger partial charge on any atom is -0.462 e. The highest BCUT2D eigenvalue weighted by atomic mass is 16.5. The van der Waals surface area contributed by atoms with Crippen molar-refractivity contribution in [3.8, 4) is 0 Å². The number of carbonyl (C=O) groups excluding carboxylic acids is 1. The van der Waals surface area contributed by atoms with Gasteiger partial charge in [-0.05, 0) is 45.6 Å². The first kappa shape index (κ1) is 15.1. The highest BCUT2D eigenvalue weighted by molar-refractivity contribution is 5.93. The third-order valence-corrected chi connectivity index (χ3v) is 3.92. The van der Waals surface area contributed by atoms with Crippen molar-refractivity contribution >= 4 is 5.97 Å². The van der Waals surface area contributed by atoms with Crippen LogP contribution in [0.3, 0.4) is 0 Å². The van der Waals surface area contributed by atoms with E-state index in [0.717, 1.165) is 29.8 Å². The zero-order chi connectivity index (χ0) is 14.9. The van der Waals surface area contributed by atoms with Crippen molar-refractivity contribution in [2.75, 3.05) is 13.2 Å². The molecule has 3 N–H and O–H groups in total. The second kappa shape index (κ2) is 5.97. The molecule has 5 heteroatoms. The Balaban J connectivity index is 2.45. The summed E-state index contributed by atoms with van der Waals surface area (Å²) in [4.78, 5) is 12.2. The van der Waals surface area contributed by atoms with Gasteiger partial charge in [-0.2, -0.15) is 0 Å². The molecule has 112 valence electrons. The molecule has 0 aliphatic heterocycles. The van der Waals surface area contributed by atoms with Crippen molar-refractivity contribution in [3.63, 3.8) is 0 Å². The number of rotatable bonds is 6. The Morgan fingerprint density at radius 1 is 1.45 bits per heavy atom. The van der Waals surface area contributed by atoms with E-state index in [9.17, 15) is 4.79 Å². The first-order valence-corrected chi connectivity index (χ1v) is 7.25. The van der Waals surface area contributed by atoms with Gasteiger partial charge in [0.05, 0.1) is 18.8 Å². The van der Waals surface area contributed by atoms with Crippen LogP contribution in [0.2, 0.25) is 0 Å². The number of aromatic nitrogens is 1. The number of carbonyl (C=O) groups is 1. The van der Waals surface area contributed by atoms with Crippen LogP contribution < -0.4 is 5.73 Å². The minimum atomic E-state index is -0.351. The van der Waals surface area contributed by atoms with Gasteiger partial charge in [-0.25, -0.2) is 4.79 Å². The summed E-state index contributed by atoms with van der Waals surface area (Å²) < 4.78 is 7.41. The van der Waals surface area contributed by atoms with Gasteiger partial charge in [0.15, 0.2) is 0 Å². The lowest BCUT2D eigenvalue weighted by Gasteiger charge is -2.10. The summed E-state index contributed by atoms with van der Waals surface area (Å²) in [7, 11) is 0. The molecule has 1 aliphatic rings. The Kier molecular flexibility index (Phi) is 4.50. The van der Waals surface area contributed by atoms with Gasteiger partial charge >= 0.3 is 5.97 Å². The molecule has 1 saturated carbocycles. The Bertz CT molecular complexity index is 504. The third kappa shape index (κ3) is 2.74. The monoisotopic (exact) mass is 280 g/mol. The number of esters is 1. The highest BCUT2D eigenvalue weighted by Crippen LogP contribution is 2.40. The van der Waals surface area contributed by atoms with Gasteiger partial charge in [0.25, 0.3) is 0 Å². The van der Waals surface area contributed by atoms with E-state index in [1.54, 1.807) is 6.92 Å². The van der Waals surface area contributed by atoms with Gasteiger partial charge < -0.3 is 20.1 Å². The molecule has 1 aliphatic carbocycles. The molecule has 1 fully saturated rings. The summed E-state index contributed by atoms with van der Waals surface area (Å²) in [5.41, 5.74) is 9.46. The maximum atomic E-state index is 12.2.